The highest BCUT2D eigenvalue weighted by molar-refractivity contribution is 5.95. The minimum atomic E-state index is -1.08. The molecule has 0 aliphatic carbocycles. The Balaban J connectivity index is 1.85. The topological polar surface area (TPSA) is 89.0 Å². The van der Waals surface area contributed by atoms with Crippen molar-refractivity contribution in [1.82, 2.24) is 9.88 Å². The molecule has 142 valence electrons. The first-order valence-electron chi connectivity index (χ1n) is 8.93. The van der Waals surface area contributed by atoms with Crippen LogP contribution in [-0.2, 0) is 13.0 Å². The van der Waals surface area contributed by atoms with Gasteiger partial charge in [0.15, 0.2) is 11.5 Å². The molecule has 2 heterocycles. The molecule has 7 heteroatoms. The predicted molar refractivity (Wildman–Crippen MR) is 98.4 cm³/mol. The molecular formula is C20H22N2O5. The highest BCUT2D eigenvalue weighted by Gasteiger charge is 2.25. The lowest BCUT2D eigenvalue weighted by molar-refractivity contribution is 0.0696. The van der Waals surface area contributed by atoms with Gasteiger partial charge in [-0.15, -0.1) is 0 Å². The van der Waals surface area contributed by atoms with E-state index in [1.165, 1.54) is 18.3 Å². The van der Waals surface area contributed by atoms with Crippen LogP contribution < -0.4 is 9.47 Å². The van der Waals surface area contributed by atoms with Crippen LogP contribution in [0.1, 0.15) is 45.8 Å². The van der Waals surface area contributed by atoms with Crippen LogP contribution in [0.25, 0.3) is 0 Å². The van der Waals surface area contributed by atoms with Gasteiger partial charge in [-0.1, -0.05) is 0 Å². The third-order valence-electron chi connectivity index (χ3n) is 4.39. The summed E-state index contributed by atoms with van der Waals surface area (Å²) in [5, 5.41) is 9.10. The molecule has 1 aliphatic rings. The Bertz CT molecular complexity index is 865. The van der Waals surface area contributed by atoms with E-state index in [-0.39, 0.29) is 17.2 Å². The molecule has 0 unspecified atom stereocenters. The van der Waals surface area contributed by atoms with E-state index < -0.39 is 5.97 Å². The molecule has 2 aromatic rings. The van der Waals surface area contributed by atoms with Gasteiger partial charge in [0.1, 0.15) is 5.69 Å². The molecule has 0 fully saturated rings. The number of ether oxygens (including phenoxy) is 2. The fourth-order valence-corrected chi connectivity index (χ4v) is 3.12. The van der Waals surface area contributed by atoms with Crippen molar-refractivity contribution in [1.29, 1.82) is 0 Å². The van der Waals surface area contributed by atoms with Crippen molar-refractivity contribution in [3.8, 4) is 11.5 Å². The Morgan fingerprint density at radius 2 is 1.78 bits per heavy atom. The number of carboxylic acid groups (broad SMARTS) is 1. The molecule has 1 N–H and O–H groups in total. The van der Waals surface area contributed by atoms with Crippen molar-refractivity contribution in [3.63, 3.8) is 0 Å². The zero-order valence-corrected chi connectivity index (χ0v) is 15.4. The number of carbonyl (C=O) groups is 2. The first-order valence-corrected chi connectivity index (χ1v) is 8.93. The van der Waals surface area contributed by atoms with Crippen molar-refractivity contribution in [2.45, 2.75) is 26.8 Å². The van der Waals surface area contributed by atoms with Crippen LogP contribution in [-0.4, -0.2) is 46.6 Å². The van der Waals surface area contributed by atoms with E-state index in [4.69, 9.17) is 14.6 Å². The summed E-state index contributed by atoms with van der Waals surface area (Å²) >= 11 is 0. The van der Waals surface area contributed by atoms with Crippen LogP contribution in [0, 0.1) is 0 Å². The summed E-state index contributed by atoms with van der Waals surface area (Å²) in [4.78, 5) is 29.6. The van der Waals surface area contributed by atoms with E-state index in [0.29, 0.717) is 44.2 Å². The van der Waals surface area contributed by atoms with Crippen LogP contribution in [0.3, 0.4) is 0 Å². The number of carboxylic acids is 1. The quantitative estimate of drug-likeness (QED) is 0.841. The zero-order chi connectivity index (χ0) is 19.4. The van der Waals surface area contributed by atoms with Crippen molar-refractivity contribution in [2.75, 3.05) is 19.8 Å². The number of rotatable bonds is 6. The van der Waals surface area contributed by atoms with Crippen LogP contribution in [0.5, 0.6) is 11.5 Å². The maximum absolute atomic E-state index is 12.8. The van der Waals surface area contributed by atoms with Crippen molar-refractivity contribution < 1.29 is 24.2 Å². The van der Waals surface area contributed by atoms with E-state index in [1.807, 2.05) is 26.0 Å². The number of nitrogens with zero attached hydrogens (tertiary/aromatic N) is 2. The van der Waals surface area contributed by atoms with Gasteiger partial charge in [0.25, 0.3) is 5.91 Å². The number of benzene rings is 1. The fourth-order valence-electron chi connectivity index (χ4n) is 3.12. The number of hydrogen-bond acceptors (Lipinski definition) is 5. The van der Waals surface area contributed by atoms with E-state index in [0.717, 1.165) is 11.1 Å². The number of carbonyl (C=O) groups excluding carboxylic acids is 1. The van der Waals surface area contributed by atoms with Crippen molar-refractivity contribution in [2.24, 2.45) is 0 Å². The standard InChI is InChI=1S/C20H22N2O5/c1-3-26-17-10-13-6-8-22(12-15(13)11-18(17)27-4-2)19(23)16-9-14(20(24)25)5-7-21-16/h5,7,9-11H,3-4,6,8,12H2,1-2H3,(H,24,25). The number of pyridine rings is 1. The average Bonchev–Trinajstić information content (AvgIpc) is 2.68. The highest BCUT2D eigenvalue weighted by Crippen LogP contribution is 2.34. The summed E-state index contributed by atoms with van der Waals surface area (Å²) in [5.41, 5.74) is 2.30. The Morgan fingerprint density at radius 3 is 2.41 bits per heavy atom. The first kappa shape index (κ1) is 18.7. The zero-order valence-electron chi connectivity index (χ0n) is 15.4. The van der Waals surface area contributed by atoms with Crippen LogP contribution >= 0.6 is 0 Å². The third kappa shape index (κ3) is 4.02. The molecule has 0 radical (unpaired) electrons. The molecule has 0 saturated heterocycles. The average molecular weight is 370 g/mol. The van der Waals surface area contributed by atoms with Crippen LogP contribution in [0.4, 0.5) is 0 Å². The largest absolute Gasteiger partial charge is 0.490 e. The summed E-state index contributed by atoms with van der Waals surface area (Å²) < 4.78 is 11.3. The molecule has 27 heavy (non-hydrogen) atoms. The molecule has 0 bridgehead atoms. The highest BCUT2D eigenvalue weighted by atomic mass is 16.5. The molecule has 1 aliphatic heterocycles. The Kier molecular flexibility index (Phi) is 5.59. The van der Waals surface area contributed by atoms with Gasteiger partial charge in [-0.25, -0.2) is 4.79 Å². The molecule has 0 atom stereocenters. The number of aromatic nitrogens is 1. The minimum Gasteiger partial charge on any atom is -0.490 e. The van der Waals surface area contributed by atoms with Gasteiger partial charge in [-0.3, -0.25) is 9.78 Å². The van der Waals surface area contributed by atoms with Gasteiger partial charge in [-0.2, -0.15) is 0 Å². The van der Waals surface area contributed by atoms with E-state index in [1.54, 1.807) is 4.90 Å². The van der Waals surface area contributed by atoms with Gasteiger partial charge >= 0.3 is 5.97 Å². The minimum absolute atomic E-state index is 0.0470. The summed E-state index contributed by atoms with van der Waals surface area (Å²) in [6.07, 6.45) is 2.03. The van der Waals surface area contributed by atoms with Gasteiger partial charge in [-0.05, 0) is 55.7 Å². The number of amides is 1. The molecular weight excluding hydrogens is 348 g/mol. The van der Waals surface area contributed by atoms with E-state index in [9.17, 15) is 9.59 Å². The molecule has 1 aromatic carbocycles. The summed E-state index contributed by atoms with van der Waals surface area (Å²) in [7, 11) is 0. The summed E-state index contributed by atoms with van der Waals surface area (Å²) in [6, 6.07) is 6.58. The monoisotopic (exact) mass is 370 g/mol. The molecule has 3 rings (SSSR count). The normalized spacial score (nSPS) is 13.0. The smallest absolute Gasteiger partial charge is 0.335 e. The van der Waals surface area contributed by atoms with Gasteiger partial charge in [0, 0.05) is 19.3 Å². The van der Waals surface area contributed by atoms with Gasteiger partial charge < -0.3 is 19.5 Å². The molecule has 1 aromatic heterocycles. The maximum Gasteiger partial charge on any atom is 0.335 e. The number of fused-ring (bicyclic) bond motifs is 1. The predicted octanol–water partition coefficient (Wildman–Crippen LogP) is 2.78. The Labute approximate surface area is 157 Å². The maximum atomic E-state index is 12.8. The number of aromatic carboxylic acids is 1. The lowest BCUT2D eigenvalue weighted by atomic mass is 9.98. The van der Waals surface area contributed by atoms with E-state index in [2.05, 4.69) is 4.98 Å². The summed E-state index contributed by atoms with van der Waals surface area (Å²) in [5.74, 6) is 0.0166. The summed E-state index contributed by atoms with van der Waals surface area (Å²) in [6.45, 7) is 5.85. The molecule has 0 spiro atoms. The van der Waals surface area contributed by atoms with Gasteiger partial charge in [0.2, 0.25) is 0 Å². The second-order valence-electron chi connectivity index (χ2n) is 6.15. The SMILES string of the molecule is CCOc1cc2c(cc1OCC)CN(C(=O)c1cc(C(=O)O)ccn1)CC2. The van der Waals surface area contributed by atoms with Crippen molar-refractivity contribution >= 4 is 11.9 Å². The second kappa shape index (κ2) is 8.07. The molecule has 0 saturated carbocycles. The van der Waals surface area contributed by atoms with E-state index >= 15 is 0 Å². The first-order chi connectivity index (χ1) is 13.0. The van der Waals surface area contributed by atoms with Crippen LogP contribution in [0.2, 0.25) is 0 Å². The number of hydrogen-bond donors (Lipinski definition) is 1. The fraction of sp³-hybridized carbons (Fsp3) is 0.350. The molecule has 1 amide bonds. The van der Waals surface area contributed by atoms with Crippen LogP contribution in [0.15, 0.2) is 30.5 Å². The molecule has 7 nitrogen and oxygen atoms in total. The Morgan fingerprint density at radius 1 is 1.11 bits per heavy atom. The Hall–Kier alpha value is -3.09. The third-order valence-corrected chi connectivity index (χ3v) is 4.39. The van der Waals surface area contributed by atoms with Gasteiger partial charge in [0.05, 0.1) is 18.8 Å². The van der Waals surface area contributed by atoms with Crippen molar-refractivity contribution in [3.05, 3.63) is 52.8 Å². The lowest BCUT2D eigenvalue weighted by Crippen LogP contribution is -2.36. The lowest BCUT2D eigenvalue weighted by Gasteiger charge is -2.29. The second-order valence-corrected chi connectivity index (χ2v) is 6.15.